The highest BCUT2D eigenvalue weighted by Crippen LogP contribution is 2.34. The molecule has 0 aromatic carbocycles. The van der Waals surface area contributed by atoms with Crippen molar-refractivity contribution in [3.8, 4) is 5.19 Å². The monoisotopic (exact) mass is 552 g/mol. The van der Waals surface area contributed by atoms with Crippen LogP contribution in [0.2, 0.25) is 0 Å². The zero-order valence-electron chi connectivity index (χ0n) is 23.5. The number of H-pyrrole nitrogens is 1. The second-order valence-electron chi connectivity index (χ2n) is 11.3. The van der Waals surface area contributed by atoms with E-state index in [0.717, 1.165) is 60.6 Å². The van der Waals surface area contributed by atoms with Gasteiger partial charge in [0.15, 0.2) is 11.5 Å². The largest absolute Gasteiger partial charge is 0.469 e. The number of nitrogens with one attached hydrogen (secondary N) is 3. The second kappa shape index (κ2) is 12.0. The molecule has 0 amide bonds. The number of hydrogen-bond donors (Lipinski definition) is 3. The number of thiazole rings is 1. The van der Waals surface area contributed by atoms with Crippen LogP contribution in [0.15, 0.2) is 18.4 Å². The number of aromatic amines is 1. The van der Waals surface area contributed by atoms with E-state index in [0.29, 0.717) is 35.0 Å². The van der Waals surface area contributed by atoms with Crippen molar-refractivity contribution >= 4 is 40.3 Å². The minimum absolute atomic E-state index is 0.168. The first-order valence-corrected chi connectivity index (χ1v) is 14.7. The quantitative estimate of drug-likeness (QED) is 0.287. The maximum Gasteiger partial charge on any atom is 0.274 e. The number of allylic oxidation sites excluding steroid dienone is 1. The molecule has 10 nitrogen and oxygen atoms in total. The SMILES string of the molecule is C=C(/C=C/c1nc(OCCN2CCOCC2)sc1C)Nc1nc(NC(C)(C)C)c2[nH]c(C3CCCC3)nc2n1. The van der Waals surface area contributed by atoms with E-state index in [9.17, 15) is 0 Å². The summed E-state index contributed by atoms with van der Waals surface area (Å²) in [6.45, 7) is 17.5. The van der Waals surface area contributed by atoms with Gasteiger partial charge in [0.05, 0.1) is 18.9 Å². The summed E-state index contributed by atoms with van der Waals surface area (Å²) in [4.78, 5) is 25.9. The summed E-state index contributed by atoms with van der Waals surface area (Å²) in [5.41, 5.74) is 2.86. The predicted molar refractivity (Wildman–Crippen MR) is 158 cm³/mol. The van der Waals surface area contributed by atoms with Crippen molar-refractivity contribution in [2.24, 2.45) is 0 Å². The number of ether oxygens (including phenoxy) is 2. The first-order chi connectivity index (χ1) is 18.7. The molecule has 2 fully saturated rings. The zero-order chi connectivity index (χ0) is 27.4. The predicted octanol–water partition coefficient (Wildman–Crippen LogP) is 5.34. The normalized spacial score (nSPS) is 17.3. The third kappa shape index (κ3) is 7.34. The Kier molecular flexibility index (Phi) is 8.49. The Bertz CT molecular complexity index is 1310. The minimum atomic E-state index is -0.168. The molecule has 1 aliphatic carbocycles. The summed E-state index contributed by atoms with van der Waals surface area (Å²) in [6, 6.07) is 0. The summed E-state index contributed by atoms with van der Waals surface area (Å²) < 4.78 is 11.3. The number of rotatable bonds is 10. The molecule has 1 aliphatic heterocycles. The number of aromatic nitrogens is 5. The van der Waals surface area contributed by atoms with Gasteiger partial charge in [0.1, 0.15) is 17.9 Å². The third-order valence-corrected chi connectivity index (χ3v) is 7.77. The van der Waals surface area contributed by atoms with Gasteiger partial charge < -0.3 is 25.1 Å². The van der Waals surface area contributed by atoms with Crippen LogP contribution >= 0.6 is 11.3 Å². The minimum Gasteiger partial charge on any atom is -0.469 e. The van der Waals surface area contributed by atoms with Crippen LogP contribution < -0.4 is 15.4 Å². The highest BCUT2D eigenvalue weighted by Gasteiger charge is 2.23. The maximum atomic E-state index is 5.92. The van der Waals surface area contributed by atoms with Gasteiger partial charge in [-0.1, -0.05) is 30.8 Å². The lowest BCUT2D eigenvalue weighted by Gasteiger charge is -2.26. The van der Waals surface area contributed by atoms with E-state index in [1.165, 1.54) is 25.7 Å². The first-order valence-electron chi connectivity index (χ1n) is 13.8. The molecule has 0 atom stereocenters. The maximum absolute atomic E-state index is 5.92. The number of aryl methyl sites for hydroxylation is 1. The summed E-state index contributed by atoms with van der Waals surface area (Å²) in [5.74, 6) is 2.66. The van der Waals surface area contributed by atoms with Crippen LogP contribution in [-0.4, -0.2) is 74.8 Å². The van der Waals surface area contributed by atoms with Gasteiger partial charge in [0, 0.05) is 41.7 Å². The van der Waals surface area contributed by atoms with Crippen molar-refractivity contribution in [3.63, 3.8) is 0 Å². The van der Waals surface area contributed by atoms with Crippen LogP contribution in [-0.2, 0) is 4.74 Å². The fourth-order valence-electron chi connectivity index (χ4n) is 4.86. The average Bonchev–Trinajstić information content (AvgIpc) is 3.63. The van der Waals surface area contributed by atoms with Gasteiger partial charge in [-0.2, -0.15) is 9.97 Å². The smallest absolute Gasteiger partial charge is 0.274 e. The van der Waals surface area contributed by atoms with Crippen LogP contribution in [0.3, 0.4) is 0 Å². The van der Waals surface area contributed by atoms with Crippen LogP contribution in [0.5, 0.6) is 5.19 Å². The highest BCUT2D eigenvalue weighted by atomic mass is 32.1. The van der Waals surface area contributed by atoms with Gasteiger partial charge in [-0.05, 0) is 52.7 Å². The number of anilines is 2. The first kappa shape index (κ1) is 27.5. The molecule has 4 heterocycles. The molecule has 39 heavy (non-hydrogen) atoms. The van der Waals surface area contributed by atoms with Gasteiger partial charge >= 0.3 is 0 Å². The Morgan fingerprint density at radius 1 is 1.18 bits per heavy atom. The van der Waals surface area contributed by atoms with Crippen molar-refractivity contribution in [3.05, 3.63) is 34.7 Å². The van der Waals surface area contributed by atoms with Crippen LogP contribution in [0.4, 0.5) is 11.8 Å². The summed E-state index contributed by atoms with van der Waals surface area (Å²) in [5, 5.41) is 7.43. The molecule has 0 unspecified atom stereocenters. The molecule has 210 valence electrons. The van der Waals surface area contributed by atoms with Crippen LogP contribution in [0, 0.1) is 6.92 Å². The lowest BCUT2D eigenvalue weighted by molar-refractivity contribution is 0.0322. The molecule has 2 aliphatic rings. The van der Waals surface area contributed by atoms with E-state index >= 15 is 0 Å². The molecule has 0 radical (unpaired) electrons. The van der Waals surface area contributed by atoms with E-state index in [1.54, 1.807) is 11.3 Å². The van der Waals surface area contributed by atoms with E-state index in [1.807, 2.05) is 19.1 Å². The number of fused-ring (bicyclic) bond motifs is 1. The Morgan fingerprint density at radius 3 is 2.69 bits per heavy atom. The molecular formula is C28H40N8O2S. The highest BCUT2D eigenvalue weighted by molar-refractivity contribution is 7.13. The zero-order valence-corrected chi connectivity index (χ0v) is 24.3. The van der Waals surface area contributed by atoms with Gasteiger partial charge in [-0.15, -0.1) is 0 Å². The molecule has 1 saturated carbocycles. The van der Waals surface area contributed by atoms with Gasteiger partial charge in [-0.3, -0.25) is 4.90 Å². The summed E-state index contributed by atoms with van der Waals surface area (Å²) >= 11 is 1.56. The summed E-state index contributed by atoms with van der Waals surface area (Å²) in [7, 11) is 0. The molecule has 1 saturated heterocycles. The summed E-state index contributed by atoms with van der Waals surface area (Å²) in [6.07, 6.45) is 8.66. The third-order valence-electron chi connectivity index (χ3n) is 6.87. The number of nitrogens with zero attached hydrogens (tertiary/aromatic N) is 5. The van der Waals surface area contributed by atoms with Crippen molar-refractivity contribution in [2.75, 3.05) is 50.1 Å². The van der Waals surface area contributed by atoms with E-state index < -0.39 is 0 Å². The van der Waals surface area contributed by atoms with Gasteiger partial charge in [0.2, 0.25) is 5.95 Å². The van der Waals surface area contributed by atoms with Crippen molar-refractivity contribution in [1.82, 2.24) is 29.8 Å². The fourth-order valence-corrected chi connectivity index (χ4v) is 5.63. The number of hydrogen-bond acceptors (Lipinski definition) is 10. The lowest BCUT2D eigenvalue weighted by atomic mass is 10.1. The molecule has 5 rings (SSSR count). The Balaban J connectivity index is 1.25. The molecular weight excluding hydrogens is 512 g/mol. The Morgan fingerprint density at radius 2 is 1.95 bits per heavy atom. The molecule has 3 N–H and O–H groups in total. The molecule has 3 aromatic heterocycles. The Hall–Kier alpha value is -3.02. The fraction of sp³-hybridized carbons (Fsp3) is 0.571. The van der Waals surface area contributed by atoms with Crippen molar-refractivity contribution < 1.29 is 9.47 Å². The molecule has 0 bridgehead atoms. The molecule has 0 spiro atoms. The van der Waals surface area contributed by atoms with Crippen molar-refractivity contribution in [2.45, 2.75) is 64.8 Å². The number of imidazole rings is 1. The molecule has 3 aromatic rings. The van der Waals surface area contributed by atoms with E-state index in [-0.39, 0.29) is 5.54 Å². The van der Waals surface area contributed by atoms with Crippen LogP contribution in [0.25, 0.3) is 17.2 Å². The van der Waals surface area contributed by atoms with E-state index in [4.69, 9.17) is 24.4 Å². The van der Waals surface area contributed by atoms with Gasteiger partial charge in [0.25, 0.3) is 5.19 Å². The topological polar surface area (TPSA) is 113 Å². The van der Waals surface area contributed by atoms with E-state index in [2.05, 4.69) is 52.9 Å². The lowest BCUT2D eigenvalue weighted by Crippen LogP contribution is -2.38. The van der Waals surface area contributed by atoms with Gasteiger partial charge in [-0.25, -0.2) is 9.97 Å². The second-order valence-corrected chi connectivity index (χ2v) is 12.4. The average molecular weight is 553 g/mol. The molecule has 11 heteroatoms. The Labute approximate surface area is 234 Å². The van der Waals surface area contributed by atoms with Crippen LogP contribution in [0.1, 0.15) is 68.8 Å². The standard InChI is InChI=1S/C28H40N8O2S/c1-18(10-11-21-19(2)39-27(30-21)38-17-14-36-12-15-37-16-13-36)29-26-33-24-22(25(34-26)35-28(3,4)5)31-23(32-24)20-8-6-7-9-20/h10-11,20H,1,6-9,12-17H2,2-5H3,(H3,29,31,32,33,34,35)/b11-10+. The number of morpholine rings is 1. The van der Waals surface area contributed by atoms with Crippen molar-refractivity contribution in [1.29, 1.82) is 0 Å².